The van der Waals surface area contributed by atoms with Gasteiger partial charge in [-0.05, 0) is 44.6 Å². The first-order chi connectivity index (χ1) is 12.9. The molecule has 8 heteroatoms. The maximum atomic E-state index is 15.0. The summed E-state index contributed by atoms with van der Waals surface area (Å²) in [5, 5.41) is 9.37. The van der Waals surface area contributed by atoms with E-state index in [9.17, 15) is 14.7 Å². The van der Waals surface area contributed by atoms with Crippen molar-refractivity contribution in [3.05, 3.63) is 33.9 Å². The third-order valence-corrected chi connectivity index (χ3v) is 6.12. The summed E-state index contributed by atoms with van der Waals surface area (Å²) in [7, 11) is 0. The second kappa shape index (κ2) is 5.76. The van der Waals surface area contributed by atoms with E-state index in [4.69, 9.17) is 5.73 Å². The van der Waals surface area contributed by atoms with E-state index < -0.39 is 17.2 Å². The van der Waals surface area contributed by atoms with Crippen LogP contribution in [-0.4, -0.2) is 38.8 Å². The Labute approximate surface area is 154 Å². The summed E-state index contributed by atoms with van der Waals surface area (Å²) in [5.74, 6) is -1.61. The van der Waals surface area contributed by atoms with Gasteiger partial charge in [0.1, 0.15) is 11.2 Å². The van der Waals surface area contributed by atoms with Crippen LogP contribution in [0.3, 0.4) is 0 Å². The van der Waals surface area contributed by atoms with E-state index in [1.54, 1.807) is 4.57 Å². The molecule has 1 aliphatic carbocycles. The maximum absolute atomic E-state index is 15.0. The fraction of sp³-hybridized carbons (Fsp3) is 0.526. The van der Waals surface area contributed by atoms with Gasteiger partial charge in [0, 0.05) is 30.4 Å². The van der Waals surface area contributed by atoms with E-state index in [0.717, 1.165) is 38.5 Å². The van der Waals surface area contributed by atoms with E-state index in [-0.39, 0.29) is 40.9 Å². The minimum absolute atomic E-state index is 0.0316. The van der Waals surface area contributed by atoms with Crippen LogP contribution in [0.4, 0.5) is 10.2 Å². The number of rotatable bonds is 3. The van der Waals surface area contributed by atoms with Crippen molar-refractivity contribution >= 4 is 22.8 Å². The predicted octanol–water partition coefficient (Wildman–Crippen LogP) is 2.03. The van der Waals surface area contributed by atoms with E-state index in [1.165, 1.54) is 12.3 Å². The summed E-state index contributed by atoms with van der Waals surface area (Å²) in [4.78, 5) is 30.6. The smallest absolute Gasteiger partial charge is 0.341 e. The molecule has 2 bridgehead atoms. The van der Waals surface area contributed by atoms with Gasteiger partial charge in [-0.2, -0.15) is 0 Å². The molecule has 3 fully saturated rings. The Morgan fingerprint density at radius 2 is 1.81 bits per heavy atom. The average molecular weight is 372 g/mol. The fourth-order valence-electron chi connectivity index (χ4n) is 4.77. The minimum atomic E-state index is -1.30. The second-order valence-corrected chi connectivity index (χ2v) is 8.00. The van der Waals surface area contributed by atoms with Gasteiger partial charge < -0.3 is 20.3 Å². The molecule has 2 aliphatic heterocycles. The van der Waals surface area contributed by atoms with Crippen molar-refractivity contribution in [2.24, 2.45) is 5.73 Å². The van der Waals surface area contributed by atoms with E-state index >= 15 is 4.39 Å². The number of halogens is 1. The highest BCUT2D eigenvalue weighted by molar-refractivity contribution is 5.92. The zero-order valence-corrected chi connectivity index (χ0v) is 14.8. The van der Waals surface area contributed by atoms with E-state index in [2.05, 4.69) is 4.98 Å². The number of carbonyl (C=O) groups is 1. The largest absolute Gasteiger partial charge is 0.477 e. The lowest BCUT2D eigenvalue weighted by molar-refractivity contribution is 0.0695. The molecule has 2 saturated heterocycles. The van der Waals surface area contributed by atoms with Crippen LogP contribution in [0.1, 0.15) is 54.9 Å². The van der Waals surface area contributed by atoms with Gasteiger partial charge in [0.05, 0.1) is 5.39 Å². The summed E-state index contributed by atoms with van der Waals surface area (Å²) < 4.78 is 16.7. The van der Waals surface area contributed by atoms with E-state index in [1.807, 2.05) is 4.90 Å². The Kier molecular flexibility index (Phi) is 3.56. The van der Waals surface area contributed by atoms with Crippen LogP contribution in [0.2, 0.25) is 0 Å². The van der Waals surface area contributed by atoms with Crippen molar-refractivity contribution in [1.82, 2.24) is 9.55 Å². The van der Waals surface area contributed by atoms with Gasteiger partial charge in [0.25, 0.3) is 0 Å². The number of pyridine rings is 2. The first-order valence-corrected chi connectivity index (χ1v) is 9.46. The van der Waals surface area contributed by atoms with Crippen molar-refractivity contribution in [2.75, 3.05) is 4.90 Å². The first-order valence-electron chi connectivity index (χ1n) is 9.46. The maximum Gasteiger partial charge on any atom is 0.341 e. The number of carboxylic acid groups (broad SMARTS) is 1. The number of aromatic nitrogens is 2. The Morgan fingerprint density at radius 1 is 1.19 bits per heavy atom. The molecule has 2 aromatic rings. The molecule has 1 unspecified atom stereocenters. The van der Waals surface area contributed by atoms with Gasteiger partial charge in [-0.15, -0.1) is 0 Å². The molecule has 3 atom stereocenters. The van der Waals surface area contributed by atoms with Gasteiger partial charge in [-0.25, -0.2) is 14.2 Å². The molecule has 4 heterocycles. The molecule has 2 aromatic heterocycles. The van der Waals surface area contributed by atoms with Gasteiger partial charge in [0.15, 0.2) is 11.6 Å². The van der Waals surface area contributed by atoms with Crippen LogP contribution in [0.25, 0.3) is 11.0 Å². The van der Waals surface area contributed by atoms with Crippen molar-refractivity contribution in [1.29, 1.82) is 0 Å². The van der Waals surface area contributed by atoms with E-state index in [0.29, 0.717) is 5.65 Å². The number of hydrogen-bond acceptors (Lipinski definition) is 5. The number of fused-ring (bicyclic) bond motifs is 3. The number of anilines is 1. The molecule has 0 aromatic carbocycles. The Balaban J connectivity index is 1.71. The lowest BCUT2D eigenvalue weighted by Crippen LogP contribution is -2.48. The zero-order valence-electron chi connectivity index (χ0n) is 14.8. The zero-order chi connectivity index (χ0) is 18.9. The highest BCUT2D eigenvalue weighted by Gasteiger charge is 2.41. The van der Waals surface area contributed by atoms with Gasteiger partial charge in [-0.3, -0.25) is 4.79 Å². The number of aromatic carboxylic acids is 1. The lowest BCUT2D eigenvalue weighted by atomic mass is 9.98. The highest BCUT2D eigenvalue weighted by Crippen LogP contribution is 2.41. The molecular formula is C19H21FN4O3. The van der Waals surface area contributed by atoms with Crippen molar-refractivity contribution in [2.45, 2.75) is 62.7 Å². The van der Waals surface area contributed by atoms with Crippen molar-refractivity contribution in [3.8, 4) is 0 Å². The number of carboxylic acids is 1. The van der Waals surface area contributed by atoms with Gasteiger partial charge in [-0.1, -0.05) is 0 Å². The summed E-state index contributed by atoms with van der Waals surface area (Å²) >= 11 is 0. The van der Waals surface area contributed by atoms with Crippen LogP contribution < -0.4 is 16.1 Å². The van der Waals surface area contributed by atoms with Gasteiger partial charge >= 0.3 is 5.97 Å². The van der Waals surface area contributed by atoms with Crippen molar-refractivity contribution < 1.29 is 14.3 Å². The van der Waals surface area contributed by atoms with Crippen molar-refractivity contribution in [3.63, 3.8) is 0 Å². The number of nitrogens with two attached hydrogens (primary N) is 1. The fourth-order valence-corrected chi connectivity index (χ4v) is 4.77. The molecule has 0 radical (unpaired) electrons. The number of nitrogens with zero attached hydrogens (tertiary/aromatic N) is 3. The Hall–Kier alpha value is -2.48. The topological polar surface area (TPSA) is 101 Å². The summed E-state index contributed by atoms with van der Waals surface area (Å²) in [6.07, 6.45) is 6.70. The monoisotopic (exact) mass is 372 g/mol. The molecule has 3 N–H and O–H groups in total. The third-order valence-electron chi connectivity index (χ3n) is 6.12. The molecule has 27 heavy (non-hydrogen) atoms. The Bertz CT molecular complexity index is 1000. The molecule has 0 spiro atoms. The molecule has 1 saturated carbocycles. The number of hydrogen-bond donors (Lipinski definition) is 2. The summed E-state index contributed by atoms with van der Waals surface area (Å²) in [5.41, 5.74) is 5.47. The first kappa shape index (κ1) is 16.7. The van der Waals surface area contributed by atoms with Crippen LogP contribution in [0.15, 0.2) is 17.1 Å². The van der Waals surface area contributed by atoms with Crippen LogP contribution in [0, 0.1) is 5.82 Å². The minimum Gasteiger partial charge on any atom is -0.477 e. The lowest BCUT2D eigenvalue weighted by Gasteiger charge is -2.38. The molecule has 142 valence electrons. The molecule has 5 rings (SSSR count). The molecule has 3 aliphatic rings. The summed E-state index contributed by atoms with van der Waals surface area (Å²) in [6, 6.07) is 1.74. The SMILES string of the molecule is NC1C[C@H]2CC[C@@H](C1)N2c1nc2c(cc1F)c(=O)c(C(=O)O)cn2C1CC1. The summed E-state index contributed by atoms with van der Waals surface area (Å²) in [6.45, 7) is 0. The standard InChI is InChI=1S/C19H21FN4O3/c20-15-7-13-16(25)14(19(26)27)8-23(10-1-2-10)17(13)22-18(15)24-11-3-4-12(24)6-9(21)5-11/h7-12H,1-6,21H2,(H,26,27)/t9?,11-,12+. The quantitative estimate of drug-likeness (QED) is 0.855. The van der Waals surface area contributed by atoms with Crippen LogP contribution >= 0.6 is 0 Å². The average Bonchev–Trinajstić information content (AvgIpc) is 3.41. The molecule has 7 nitrogen and oxygen atoms in total. The molecular weight excluding hydrogens is 351 g/mol. The molecule has 0 amide bonds. The van der Waals surface area contributed by atoms with Crippen LogP contribution in [0.5, 0.6) is 0 Å². The van der Waals surface area contributed by atoms with Crippen LogP contribution in [-0.2, 0) is 0 Å². The number of piperidine rings is 1. The van der Waals surface area contributed by atoms with Gasteiger partial charge in [0.2, 0.25) is 5.43 Å². The Morgan fingerprint density at radius 3 is 2.41 bits per heavy atom. The second-order valence-electron chi connectivity index (χ2n) is 8.00. The highest BCUT2D eigenvalue weighted by atomic mass is 19.1. The third kappa shape index (κ3) is 2.54. The normalized spacial score (nSPS) is 27.3. The predicted molar refractivity (Wildman–Crippen MR) is 97.7 cm³/mol.